The van der Waals surface area contributed by atoms with Gasteiger partial charge in [0.2, 0.25) is 0 Å². The Morgan fingerprint density at radius 2 is 1.02 bits per heavy atom. The summed E-state index contributed by atoms with van der Waals surface area (Å²) in [5.74, 6) is -1.65. The maximum absolute atomic E-state index is 12.7. The summed E-state index contributed by atoms with van der Waals surface area (Å²) < 4.78 is 27.6. The van der Waals surface area contributed by atoms with Crippen molar-refractivity contribution in [2.24, 2.45) is 0 Å². The maximum Gasteiger partial charge on any atom is 0.331 e. The molecule has 9 nitrogen and oxygen atoms in total. The zero-order valence-corrected chi connectivity index (χ0v) is 26.1. The van der Waals surface area contributed by atoms with E-state index in [1.807, 2.05) is 0 Å². The van der Waals surface area contributed by atoms with Gasteiger partial charge < -0.3 is 28.8 Å². The normalized spacial score (nSPS) is 20.2. The molecular formula is C32H58O9. The lowest BCUT2D eigenvalue weighted by Crippen LogP contribution is -2.42. The van der Waals surface area contributed by atoms with Gasteiger partial charge in [-0.25, -0.2) is 4.79 Å². The van der Waals surface area contributed by atoms with Gasteiger partial charge in [0, 0.05) is 20.0 Å². The molecule has 1 saturated heterocycles. The first-order valence-electron chi connectivity index (χ1n) is 16.3. The van der Waals surface area contributed by atoms with Crippen molar-refractivity contribution >= 4 is 17.9 Å². The highest BCUT2D eigenvalue weighted by atomic mass is 16.7. The largest absolute Gasteiger partial charge is 0.461 e. The average Bonchev–Trinajstić information content (AvgIpc) is 3.29. The predicted octanol–water partition coefficient (Wildman–Crippen LogP) is 6.56. The van der Waals surface area contributed by atoms with E-state index in [1.165, 1.54) is 84.2 Å². The van der Waals surface area contributed by atoms with E-state index in [9.17, 15) is 14.4 Å². The Bertz CT molecular complexity index is 684. The zero-order valence-electron chi connectivity index (χ0n) is 26.1. The molecule has 0 saturated carbocycles. The van der Waals surface area contributed by atoms with E-state index in [4.69, 9.17) is 28.8 Å². The molecule has 1 rings (SSSR count). The van der Waals surface area contributed by atoms with Gasteiger partial charge in [0.15, 0.2) is 18.5 Å². The third-order valence-corrected chi connectivity index (χ3v) is 7.54. The van der Waals surface area contributed by atoms with Gasteiger partial charge in [0.1, 0.15) is 19.3 Å². The van der Waals surface area contributed by atoms with Crippen LogP contribution in [0.2, 0.25) is 0 Å². The number of aliphatic hydroxyl groups excluding tert-OH is 1. The molecule has 1 heterocycles. The van der Waals surface area contributed by atoms with Gasteiger partial charge in [-0.1, -0.05) is 117 Å². The maximum atomic E-state index is 12.7. The lowest BCUT2D eigenvalue weighted by atomic mass is 10.1. The minimum Gasteiger partial charge on any atom is -0.461 e. The molecule has 4 atom stereocenters. The second-order valence-electron chi connectivity index (χ2n) is 11.2. The Balaban J connectivity index is 2.53. The summed E-state index contributed by atoms with van der Waals surface area (Å²) in [5, 5.41) is 8.99. The van der Waals surface area contributed by atoms with E-state index in [2.05, 4.69) is 13.8 Å². The van der Waals surface area contributed by atoms with Crippen molar-refractivity contribution in [3.05, 3.63) is 0 Å². The van der Waals surface area contributed by atoms with E-state index in [0.717, 1.165) is 32.1 Å². The Morgan fingerprint density at radius 3 is 1.44 bits per heavy atom. The first kappa shape index (κ1) is 37.3. The van der Waals surface area contributed by atoms with Crippen LogP contribution in [-0.4, -0.2) is 67.9 Å². The second-order valence-corrected chi connectivity index (χ2v) is 11.2. The zero-order chi connectivity index (χ0) is 30.1. The molecule has 1 aliphatic rings. The van der Waals surface area contributed by atoms with E-state index in [0.29, 0.717) is 6.42 Å². The molecule has 0 aromatic rings. The highest BCUT2D eigenvalue weighted by Crippen LogP contribution is 2.29. The van der Waals surface area contributed by atoms with Crippen LogP contribution in [0.15, 0.2) is 0 Å². The molecule has 0 unspecified atom stereocenters. The molecule has 0 spiro atoms. The number of ether oxygens (including phenoxy) is 5. The van der Waals surface area contributed by atoms with Crippen LogP contribution in [0, 0.1) is 0 Å². The summed E-state index contributed by atoms with van der Waals surface area (Å²) in [6.45, 7) is 3.38. The summed E-state index contributed by atoms with van der Waals surface area (Å²) >= 11 is 0. The molecule has 9 heteroatoms. The van der Waals surface area contributed by atoms with Crippen molar-refractivity contribution in [1.29, 1.82) is 0 Å². The Kier molecular flexibility index (Phi) is 22.6. The third-order valence-electron chi connectivity index (χ3n) is 7.54. The highest BCUT2D eigenvalue weighted by molar-refractivity contribution is 5.71. The van der Waals surface area contributed by atoms with Crippen molar-refractivity contribution in [3.63, 3.8) is 0 Å². The molecular weight excluding hydrogens is 528 g/mol. The number of carbonyl (C=O) groups is 3. The number of methoxy groups -OCH3 is 1. The van der Waals surface area contributed by atoms with E-state index >= 15 is 0 Å². The molecule has 0 aliphatic carbocycles. The van der Waals surface area contributed by atoms with Crippen LogP contribution >= 0.6 is 0 Å². The van der Waals surface area contributed by atoms with Crippen LogP contribution in [0.25, 0.3) is 0 Å². The molecule has 1 aliphatic heterocycles. The summed E-state index contributed by atoms with van der Waals surface area (Å²) in [6.07, 6.45) is 17.2. The minimum atomic E-state index is -0.982. The average molecular weight is 587 g/mol. The molecule has 1 fully saturated rings. The predicted molar refractivity (Wildman–Crippen MR) is 157 cm³/mol. The number of esters is 3. The number of hydrogen-bond acceptors (Lipinski definition) is 9. The quantitative estimate of drug-likeness (QED) is 0.0683. The van der Waals surface area contributed by atoms with Gasteiger partial charge in [-0.3, -0.25) is 9.59 Å². The van der Waals surface area contributed by atoms with Crippen LogP contribution in [0.4, 0.5) is 0 Å². The fraction of sp³-hybridized carbons (Fsp3) is 0.906. The summed E-state index contributed by atoms with van der Waals surface area (Å²) in [7, 11) is 1.41. The second kappa shape index (κ2) is 24.8. The lowest BCUT2D eigenvalue weighted by Gasteiger charge is -2.24. The third kappa shape index (κ3) is 17.8. The van der Waals surface area contributed by atoms with Gasteiger partial charge in [-0.05, 0) is 12.8 Å². The Labute approximate surface area is 248 Å². The number of rotatable bonds is 26. The molecule has 0 amide bonds. The summed E-state index contributed by atoms with van der Waals surface area (Å²) in [5.41, 5.74) is 0. The molecule has 240 valence electrons. The number of carbonyl (C=O) groups excluding carboxylic acids is 3. The van der Waals surface area contributed by atoms with Crippen molar-refractivity contribution in [1.82, 2.24) is 0 Å². The molecule has 0 aromatic carbocycles. The standard InChI is InChI=1S/C32H58O9/c1-4-6-8-10-12-14-16-18-20-22-27(34)40-30-26(25-38-29(36)24-33)39-32(37-3)31(30)41-28(35)23-21-19-17-15-13-11-9-7-5-2/h26,30-33H,4-25H2,1-3H3/t26-,30-,31-,32-/m1/s1. The van der Waals surface area contributed by atoms with Crippen LogP contribution in [0.3, 0.4) is 0 Å². The Morgan fingerprint density at radius 1 is 0.610 bits per heavy atom. The van der Waals surface area contributed by atoms with Gasteiger partial charge in [0.05, 0.1) is 0 Å². The first-order valence-corrected chi connectivity index (χ1v) is 16.3. The smallest absolute Gasteiger partial charge is 0.331 e. The van der Waals surface area contributed by atoms with Gasteiger partial charge in [0.25, 0.3) is 0 Å². The molecule has 1 N–H and O–H groups in total. The molecule has 0 aromatic heterocycles. The first-order chi connectivity index (χ1) is 20.0. The number of hydrogen-bond donors (Lipinski definition) is 1. The fourth-order valence-corrected chi connectivity index (χ4v) is 5.09. The van der Waals surface area contributed by atoms with Crippen LogP contribution < -0.4 is 0 Å². The highest BCUT2D eigenvalue weighted by Gasteiger charge is 2.50. The van der Waals surface area contributed by atoms with Crippen molar-refractivity contribution in [2.45, 2.75) is 167 Å². The number of aliphatic hydroxyl groups is 1. The molecule has 41 heavy (non-hydrogen) atoms. The molecule has 0 bridgehead atoms. The Hall–Kier alpha value is -1.71. The van der Waals surface area contributed by atoms with Crippen molar-refractivity contribution in [2.75, 3.05) is 20.3 Å². The van der Waals surface area contributed by atoms with Crippen molar-refractivity contribution in [3.8, 4) is 0 Å². The van der Waals surface area contributed by atoms with E-state index in [-0.39, 0.29) is 19.4 Å². The van der Waals surface area contributed by atoms with Crippen LogP contribution in [-0.2, 0) is 38.1 Å². The lowest BCUT2D eigenvalue weighted by molar-refractivity contribution is -0.184. The minimum absolute atomic E-state index is 0.242. The van der Waals surface area contributed by atoms with Gasteiger partial charge >= 0.3 is 17.9 Å². The summed E-state index contributed by atoms with van der Waals surface area (Å²) in [6, 6.07) is 0. The monoisotopic (exact) mass is 586 g/mol. The van der Waals surface area contributed by atoms with Gasteiger partial charge in [-0.15, -0.1) is 0 Å². The fourth-order valence-electron chi connectivity index (χ4n) is 5.09. The van der Waals surface area contributed by atoms with E-state index < -0.39 is 49.1 Å². The van der Waals surface area contributed by atoms with Crippen LogP contribution in [0.1, 0.15) is 142 Å². The topological polar surface area (TPSA) is 118 Å². The van der Waals surface area contributed by atoms with Gasteiger partial charge in [-0.2, -0.15) is 0 Å². The van der Waals surface area contributed by atoms with Crippen LogP contribution in [0.5, 0.6) is 0 Å². The van der Waals surface area contributed by atoms with E-state index in [1.54, 1.807) is 0 Å². The molecule has 0 radical (unpaired) electrons. The SMILES string of the molecule is CCCCCCCCCCCC(=O)O[C@H]1[C@H](OC)O[C@H](COC(=O)CO)[C@H]1OC(=O)CCCCCCCCCCC. The summed E-state index contributed by atoms with van der Waals surface area (Å²) in [4.78, 5) is 36.9. The number of unbranched alkanes of at least 4 members (excludes halogenated alkanes) is 16. The van der Waals surface area contributed by atoms with Crippen molar-refractivity contribution < 1.29 is 43.2 Å².